The minimum absolute atomic E-state index is 0.0206. The van der Waals surface area contributed by atoms with Crippen LogP contribution in [0.5, 0.6) is 0 Å². The lowest BCUT2D eigenvalue weighted by Gasteiger charge is -2.35. The Hall–Kier alpha value is -3.48. The van der Waals surface area contributed by atoms with E-state index in [1.807, 2.05) is 6.07 Å². The maximum atomic E-state index is 13.7. The first-order valence-corrected chi connectivity index (χ1v) is 12.9. The van der Waals surface area contributed by atoms with Crippen LogP contribution in [0, 0.1) is 29.5 Å². The molecule has 0 spiro atoms. The summed E-state index contributed by atoms with van der Waals surface area (Å²) in [4.78, 5) is 42.8. The molecule has 2 fully saturated rings. The van der Waals surface area contributed by atoms with Crippen LogP contribution in [0.15, 0.2) is 54.6 Å². The van der Waals surface area contributed by atoms with Crippen LogP contribution in [0.2, 0.25) is 0 Å². The quantitative estimate of drug-likeness (QED) is 0.491. The lowest BCUT2D eigenvalue weighted by Crippen LogP contribution is -2.44. The SMILES string of the molecule is O=C(NC[C@@H]1C[C@H]2C=C[C@@H]1C2)C1CCCN(c2cccc3c2C(=O)N(Cc2cccc(F)c2)C3=O)C1. The van der Waals surface area contributed by atoms with Gasteiger partial charge in [0, 0.05) is 19.6 Å². The molecule has 3 amide bonds. The summed E-state index contributed by atoms with van der Waals surface area (Å²) in [5.41, 5.74) is 2.01. The van der Waals surface area contributed by atoms with Gasteiger partial charge in [-0.05, 0) is 73.3 Å². The molecule has 1 saturated heterocycles. The highest BCUT2D eigenvalue weighted by atomic mass is 19.1. The maximum absolute atomic E-state index is 13.7. The molecule has 2 aliphatic heterocycles. The number of hydrogen-bond donors (Lipinski definition) is 1. The molecule has 2 heterocycles. The molecular weight excluding hydrogens is 457 g/mol. The van der Waals surface area contributed by atoms with Crippen LogP contribution >= 0.6 is 0 Å². The van der Waals surface area contributed by atoms with Crippen molar-refractivity contribution in [1.29, 1.82) is 0 Å². The van der Waals surface area contributed by atoms with Crippen LogP contribution in [0.3, 0.4) is 0 Å². The number of fused-ring (bicyclic) bond motifs is 3. The van der Waals surface area contributed by atoms with Crippen LogP contribution in [0.4, 0.5) is 10.1 Å². The van der Waals surface area contributed by atoms with E-state index in [0.29, 0.717) is 46.7 Å². The molecule has 6 nitrogen and oxygen atoms in total. The van der Waals surface area contributed by atoms with Gasteiger partial charge in [-0.15, -0.1) is 0 Å². The highest BCUT2D eigenvalue weighted by Gasteiger charge is 2.40. The number of nitrogens with one attached hydrogen (secondary N) is 1. The highest BCUT2D eigenvalue weighted by molar-refractivity contribution is 6.23. The standard InChI is InChI=1S/C29H30FN3O3/c30-23-6-1-4-19(14-23)16-33-28(35)24-7-2-8-25(26(24)29(33)36)32-11-3-5-21(17-32)27(34)31-15-22-13-18-9-10-20(22)12-18/h1-2,4,6-10,14,18,20-22H,3,5,11-13,15-17H2,(H,31,34)/t18-,20+,21?,22-/m0/s1. The third kappa shape index (κ3) is 4.10. The summed E-state index contributed by atoms with van der Waals surface area (Å²) in [5, 5.41) is 3.20. The molecular formula is C29H30FN3O3. The summed E-state index contributed by atoms with van der Waals surface area (Å²) in [6.07, 6.45) is 8.65. The van der Waals surface area contributed by atoms with Gasteiger partial charge < -0.3 is 10.2 Å². The molecule has 1 N–H and O–H groups in total. The fourth-order valence-corrected chi connectivity index (χ4v) is 6.46. The summed E-state index contributed by atoms with van der Waals surface area (Å²) in [5.74, 6) is 0.603. The van der Waals surface area contributed by atoms with Crippen molar-refractivity contribution in [2.75, 3.05) is 24.5 Å². The second-order valence-electron chi connectivity index (χ2n) is 10.6. The van der Waals surface area contributed by atoms with Crippen LogP contribution in [-0.2, 0) is 11.3 Å². The molecule has 0 aromatic heterocycles. The average molecular weight is 488 g/mol. The molecule has 1 unspecified atom stereocenters. The zero-order valence-electron chi connectivity index (χ0n) is 20.2. The van der Waals surface area contributed by atoms with Gasteiger partial charge in [0.25, 0.3) is 11.8 Å². The van der Waals surface area contributed by atoms with E-state index in [9.17, 15) is 18.8 Å². The van der Waals surface area contributed by atoms with E-state index in [1.54, 1.807) is 24.3 Å². The zero-order valence-corrected chi connectivity index (χ0v) is 20.2. The van der Waals surface area contributed by atoms with Gasteiger partial charge in [-0.25, -0.2) is 4.39 Å². The number of piperidine rings is 1. The first kappa shape index (κ1) is 23.0. The Morgan fingerprint density at radius 2 is 1.92 bits per heavy atom. The summed E-state index contributed by atoms with van der Waals surface area (Å²) in [7, 11) is 0. The third-order valence-electron chi connectivity index (χ3n) is 8.29. The van der Waals surface area contributed by atoms with Crippen molar-refractivity contribution in [3.8, 4) is 0 Å². The smallest absolute Gasteiger partial charge is 0.263 e. The first-order valence-electron chi connectivity index (χ1n) is 12.9. The van der Waals surface area contributed by atoms with Crippen molar-refractivity contribution in [2.24, 2.45) is 23.7 Å². The number of carbonyl (C=O) groups excluding carboxylic acids is 3. The van der Waals surface area contributed by atoms with E-state index in [-0.39, 0.29) is 30.2 Å². The molecule has 186 valence electrons. The fraction of sp³-hybridized carbons (Fsp3) is 0.414. The minimum atomic E-state index is -0.403. The van der Waals surface area contributed by atoms with Crippen LogP contribution in [0.1, 0.15) is 52.0 Å². The molecule has 4 aliphatic rings. The Morgan fingerprint density at radius 1 is 1.06 bits per heavy atom. The number of rotatable bonds is 6. The van der Waals surface area contributed by atoms with E-state index in [1.165, 1.54) is 23.5 Å². The largest absolute Gasteiger partial charge is 0.370 e. The van der Waals surface area contributed by atoms with Crippen LogP contribution in [-0.4, -0.2) is 42.3 Å². The van der Waals surface area contributed by atoms with Gasteiger partial charge in [0.05, 0.1) is 29.3 Å². The van der Waals surface area contributed by atoms with Crippen molar-refractivity contribution in [2.45, 2.75) is 32.2 Å². The monoisotopic (exact) mass is 487 g/mol. The molecule has 4 atom stereocenters. The number of nitrogens with zero attached hydrogens (tertiary/aromatic N) is 2. The molecule has 2 aromatic rings. The molecule has 0 radical (unpaired) electrons. The predicted molar refractivity (Wildman–Crippen MR) is 134 cm³/mol. The van der Waals surface area contributed by atoms with Crippen molar-refractivity contribution in [1.82, 2.24) is 10.2 Å². The van der Waals surface area contributed by atoms with E-state index >= 15 is 0 Å². The van der Waals surface area contributed by atoms with Crippen molar-refractivity contribution < 1.29 is 18.8 Å². The Labute approximate surface area is 210 Å². The molecule has 2 bridgehead atoms. The van der Waals surface area contributed by atoms with Gasteiger partial charge in [-0.3, -0.25) is 19.3 Å². The number of benzene rings is 2. The number of imide groups is 1. The molecule has 1 saturated carbocycles. The van der Waals surface area contributed by atoms with Gasteiger partial charge in [0.15, 0.2) is 0 Å². The summed E-state index contributed by atoms with van der Waals surface area (Å²) >= 11 is 0. The lowest BCUT2D eigenvalue weighted by atomic mass is 9.92. The molecule has 6 rings (SSSR count). The topological polar surface area (TPSA) is 69.7 Å². The lowest BCUT2D eigenvalue weighted by molar-refractivity contribution is -0.125. The van der Waals surface area contributed by atoms with E-state index < -0.39 is 5.82 Å². The van der Waals surface area contributed by atoms with Gasteiger partial charge in [-0.2, -0.15) is 0 Å². The predicted octanol–water partition coefficient (Wildman–Crippen LogP) is 4.17. The maximum Gasteiger partial charge on any atom is 0.263 e. The minimum Gasteiger partial charge on any atom is -0.370 e. The Bertz CT molecular complexity index is 1260. The van der Waals surface area contributed by atoms with E-state index in [4.69, 9.17) is 0 Å². The fourth-order valence-electron chi connectivity index (χ4n) is 6.46. The number of amides is 3. The molecule has 2 aromatic carbocycles. The van der Waals surface area contributed by atoms with Gasteiger partial charge in [-0.1, -0.05) is 30.4 Å². The average Bonchev–Trinajstić information content (AvgIpc) is 3.58. The number of halogens is 1. The Morgan fingerprint density at radius 3 is 2.69 bits per heavy atom. The zero-order chi connectivity index (χ0) is 24.8. The second-order valence-corrected chi connectivity index (χ2v) is 10.6. The van der Waals surface area contributed by atoms with Gasteiger partial charge >= 0.3 is 0 Å². The Kier molecular flexibility index (Phi) is 5.86. The summed E-state index contributed by atoms with van der Waals surface area (Å²) < 4.78 is 13.7. The first-order chi connectivity index (χ1) is 17.5. The second kappa shape index (κ2) is 9.19. The third-order valence-corrected chi connectivity index (χ3v) is 8.29. The molecule has 2 aliphatic carbocycles. The highest BCUT2D eigenvalue weighted by Crippen LogP contribution is 2.43. The van der Waals surface area contributed by atoms with Crippen molar-refractivity contribution in [3.05, 3.63) is 77.1 Å². The Balaban J connectivity index is 1.16. The van der Waals surface area contributed by atoms with Crippen LogP contribution < -0.4 is 10.2 Å². The number of anilines is 1. The molecule has 7 heteroatoms. The van der Waals surface area contributed by atoms with Crippen molar-refractivity contribution in [3.63, 3.8) is 0 Å². The number of hydrogen-bond acceptors (Lipinski definition) is 4. The van der Waals surface area contributed by atoms with Crippen molar-refractivity contribution >= 4 is 23.4 Å². The van der Waals surface area contributed by atoms with Gasteiger partial charge in [0.2, 0.25) is 5.91 Å². The van der Waals surface area contributed by atoms with Crippen LogP contribution in [0.25, 0.3) is 0 Å². The molecule has 36 heavy (non-hydrogen) atoms. The van der Waals surface area contributed by atoms with E-state index in [0.717, 1.165) is 32.4 Å². The van der Waals surface area contributed by atoms with Gasteiger partial charge in [0.1, 0.15) is 5.82 Å². The number of allylic oxidation sites excluding steroid dienone is 2. The number of carbonyl (C=O) groups is 3. The summed E-state index contributed by atoms with van der Waals surface area (Å²) in [6.45, 7) is 1.99. The normalized spacial score (nSPS) is 26.6. The summed E-state index contributed by atoms with van der Waals surface area (Å²) in [6, 6.07) is 11.3. The van der Waals surface area contributed by atoms with E-state index in [2.05, 4.69) is 22.4 Å².